The maximum absolute atomic E-state index is 11.4. The van der Waals surface area contributed by atoms with E-state index in [1.54, 1.807) is 0 Å². The Morgan fingerprint density at radius 2 is 2.05 bits per heavy atom. The summed E-state index contributed by atoms with van der Waals surface area (Å²) in [6.45, 7) is 1.36. The molecule has 0 fully saturated rings. The van der Waals surface area contributed by atoms with E-state index in [9.17, 15) is 9.59 Å². The highest BCUT2D eigenvalue weighted by Gasteiger charge is 2.19. The SMILES string of the molecule is COC(=O)C(CSC#Cc1ccccc1)NC(C)=O. The Hall–Kier alpha value is -1.93. The van der Waals surface area contributed by atoms with Gasteiger partial charge in [0.15, 0.2) is 0 Å². The molecule has 1 aromatic carbocycles. The van der Waals surface area contributed by atoms with Crippen LogP contribution in [0.15, 0.2) is 30.3 Å². The smallest absolute Gasteiger partial charge is 0.329 e. The summed E-state index contributed by atoms with van der Waals surface area (Å²) in [7, 11) is 1.29. The number of methoxy groups -OCH3 is 1. The summed E-state index contributed by atoms with van der Waals surface area (Å²) >= 11 is 1.27. The highest BCUT2D eigenvalue weighted by atomic mass is 32.2. The summed E-state index contributed by atoms with van der Waals surface area (Å²) in [5, 5.41) is 5.42. The molecule has 1 unspecified atom stereocenters. The first-order valence-corrected chi connectivity index (χ1v) is 6.65. The van der Waals surface area contributed by atoms with Crippen molar-refractivity contribution in [3.8, 4) is 11.2 Å². The van der Waals surface area contributed by atoms with Crippen molar-refractivity contribution >= 4 is 23.6 Å². The van der Waals surface area contributed by atoms with Crippen LogP contribution in [0.4, 0.5) is 0 Å². The lowest BCUT2D eigenvalue weighted by molar-refractivity contribution is -0.144. The van der Waals surface area contributed by atoms with Crippen LogP contribution in [0, 0.1) is 11.2 Å². The third-order valence-electron chi connectivity index (χ3n) is 2.15. The van der Waals surface area contributed by atoms with Gasteiger partial charge in [0.25, 0.3) is 0 Å². The first-order valence-electron chi connectivity index (χ1n) is 5.66. The monoisotopic (exact) mass is 277 g/mol. The van der Waals surface area contributed by atoms with Crippen molar-refractivity contribution in [1.29, 1.82) is 0 Å². The largest absolute Gasteiger partial charge is 0.467 e. The van der Waals surface area contributed by atoms with Gasteiger partial charge in [-0.2, -0.15) is 0 Å². The number of benzene rings is 1. The zero-order chi connectivity index (χ0) is 14.1. The van der Waals surface area contributed by atoms with Crippen molar-refractivity contribution in [1.82, 2.24) is 5.32 Å². The Balaban J connectivity index is 2.51. The molecular weight excluding hydrogens is 262 g/mol. The van der Waals surface area contributed by atoms with Crippen LogP contribution in [0.2, 0.25) is 0 Å². The Bertz CT molecular complexity index is 490. The number of carbonyl (C=O) groups is 2. The Kier molecular flexibility index (Phi) is 6.55. The molecule has 0 aliphatic carbocycles. The van der Waals surface area contributed by atoms with E-state index < -0.39 is 12.0 Å². The number of rotatable bonds is 4. The second kappa shape index (κ2) is 8.22. The average Bonchev–Trinajstić information content (AvgIpc) is 2.42. The molecule has 0 saturated heterocycles. The molecule has 0 radical (unpaired) electrons. The van der Waals surface area contributed by atoms with Crippen LogP contribution in [-0.4, -0.2) is 30.8 Å². The quantitative estimate of drug-likeness (QED) is 0.668. The number of hydrogen-bond acceptors (Lipinski definition) is 4. The van der Waals surface area contributed by atoms with Gasteiger partial charge in [0, 0.05) is 18.2 Å². The molecule has 1 N–H and O–H groups in total. The van der Waals surface area contributed by atoms with Gasteiger partial charge >= 0.3 is 5.97 Å². The van der Waals surface area contributed by atoms with Crippen LogP contribution >= 0.6 is 11.8 Å². The first-order chi connectivity index (χ1) is 9.13. The van der Waals surface area contributed by atoms with Gasteiger partial charge in [-0.3, -0.25) is 4.79 Å². The molecule has 1 atom stereocenters. The van der Waals surface area contributed by atoms with Crippen LogP contribution < -0.4 is 5.32 Å². The van der Waals surface area contributed by atoms with Gasteiger partial charge in [-0.1, -0.05) is 35.9 Å². The minimum Gasteiger partial charge on any atom is -0.467 e. The van der Waals surface area contributed by atoms with E-state index in [4.69, 9.17) is 0 Å². The highest BCUT2D eigenvalue weighted by Crippen LogP contribution is 2.04. The minimum atomic E-state index is -0.669. The number of thioether (sulfide) groups is 1. The molecule has 1 aromatic rings. The van der Waals surface area contributed by atoms with Crippen LogP contribution in [0.3, 0.4) is 0 Å². The Morgan fingerprint density at radius 3 is 2.63 bits per heavy atom. The zero-order valence-electron chi connectivity index (χ0n) is 10.8. The highest BCUT2D eigenvalue weighted by molar-refractivity contribution is 8.03. The third kappa shape index (κ3) is 5.98. The molecule has 0 bridgehead atoms. The number of nitrogens with one attached hydrogen (secondary N) is 1. The Morgan fingerprint density at radius 1 is 1.37 bits per heavy atom. The Labute approximate surface area is 116 Å². The van der Waals surface area contributed by atoms with Gasteiger partial charge < -0.3 is 10.1 Å². The molecule has 19 heavy (non-hydrogen) atoms. The topological polar surface area (TPSA) is 55.4 Å². The standard InChI is InChI=1S/C14H15NO3S/c1-11(16)15-13(14(17)18-2)10-19-9-8-12-6-4-3-5-7-12/h3-7,13H,10H2,1-2H3,(H,15,16). The van der Waals surface area contributed by atoms with Crippen molar-refractivity contribution in [2.24, 2.45) is 0 Å². The number of ether oxygens (including phenoxy) is 1. The molecule has 1 rings (SSSR count). The summed E-state index contributed by atoms with van der Waals surface area (Å²) in [4.78, 5) is 22.4. The fraction of sp³-hybridized carbons (Fsp3) is 0.286. The van der Waals surface area contributed by atoms with E-state index in [2.05, 4.69) is 21.2 Å². The zero-order valence-corrected chi connectivity index (χ0v) is 11.6. The summed E-state index contributed by atoms with van der Waals surface area (Å²) in [6.07, 6.45) is 0. The summed E-state index contributed by atoms with van der Waals surface area (Å²) < 4.78 is 4.61. The van der Waals surface area contributed by atoms with Gasteiger partial charge in [-0.05, 0) is 17.4 Å². The number of esters is 1. The predicted octanol–water partition coefficient (Wildman–Crippen LogP) is 1.41. The van der Waals surface area contributed by atoms with Gasteiger partial charge in [0.2, 0.25) is 5.91 Å². The fourth-order valence-electron chi connectivity index (χ4n) is 1.30. The normalized spacial score (nSPS) is 10.8. The summed E-state index contributed by atoms with van der Waals surface area (Å²) in [5.41, 5.74) is 0.907. The van der Waals surface area contributed by atoms with Crippen molar-refractivity contribution in [3.63, 3.8) is 0 Å². The molecule has 4 nitrogen and oxygen atoms in total. The van der Waals surface area contributed by atoms with Gasteiger partial charge in [0.1, 0.15) is 6.04 Å². The van der Waals surface area contributed by atoms with Gasteiger partial charge in [-0.25, -0.2) is 4.79 Å². The first kappa shape index (κ1) is 15.1. The van der Waals surface area contributed by atoms with Crippen LogP contribution in [-0.2, 0) is 14.3 Å². The number of carbonyl (C=O) groups excluding carboxylic acids is 2. The van der Waals surface area contributed by atoms with E-state index in [1.807, 2.05) is 30.3 Å². The number of hydrogen-bond donors (Lipinski definition) is 1. The number of amides is 1. The van der Waals surface area contributed by atoms with E-state index >= 15 is 0 Å². The lowest BCUT2D eigenvalue weighted by Gasteiger charge is -2.12. The van der Waals surface area contributed by atoms with Crippen molar-refractivity contribution in [3.05, 3.63) is 35.9 Å². The molecule has 100 valence electrons. The molecule has 0 heterocycles. The van der Waals surface area contributed by atoms with E-state index in [1.165, 1.54) is 25.8 Å². The van der Waals surface area contributed by atoms with Crippen molar-refractivity contribution in [2.45, 2.75) is 13.0 Å². The molecule has 5 heteroatoms. The minimum absolute atomic E-state index is 0.271. The van der Waals surface area contributed by atoms with Gasteiger partial charge in [-0.15, -0.1) is 0 Å². The molecule has 0 spiro atoms. The maximum Gasteiger partial charge on any atom is 0.329 e. The third-order valence-corrected chi connectivity index (χ3v) is 2.90. The lowest BCUT2D eigenvalue weighted by Crippen LogP contribution is -2.42. The van der Waals surface area contributed by atoms with Crippen molar-refractivity contribution < 1.29 is 14.3 Å². The summed E-state index contributed by atoms with van der Waals surface area (Å²) in [6, 6.07) is 8.87. The second-order valence-corrected chi connectivity index (χ2v) is 4.51. The molecule has 0 aliphatic heterocycles. The predicted molar refractivity (Wildman–Crippen MR) is 75.4 cm³/mol. The van der Waals surface area contributed by atoms with E-state index in [0.717, 1.165) is 5.56 Å². The average molecular weight is 277 g/mol. The van der Waals surface area contributed by atoms with E-state index in [-0.39, 0.29) is 5.91 Å². The molecule has 0 saturated carbocycles. The molecule has 0 aliphatic rings. The molecular formula is C14H15NO3S. The second-order valence-electron chi connectivity index (χ2n) is 3.68. The van der Waals surface area contributed by atoms with Crippen LogP contribution in [0.25, 0.3) is 0 Å². The van der Waals surface area contributed by atoms with E-state index in [0.29, 0.717) is 5.75 Å². The van der Waals surface area contributed by atoms with Crippen LogP contribution in [0.1, 0.15) is 12.5 Å². The molecule has 1 amide bonds. The van der Waals surface area contributed by atoms with Gasteiger partial charge in [0.05, 0.1) is 7.11 Å². The molecule has 0 aromatic heterocycles. The van der Waals surface area contributed by atoms with Crippen LogP contribution in [0.5, 0.6) is 0 Å². The van der Waals surface area contributed by atoms with Crippen molar-refractivity contribution in [2.75, 3.05) is 12.9 Å². The fourth-order valence-corrected chi connectivity index (χ4v) is 1.96. The lowest BCUT2D eigenvalue weighted by atomic mass is 10.2. The summed E-state index contributed by atoms with van der Waals surface area (Å²) in [5.74, 6) is 2.57. The maximum atomic E-state index is 11.4.